The number of anilines is 1. The first kappa shape index (κ1) is 30.5. The molecule has 2 aromatic rings. The molecule has 0 radical (unpaired) electrons. The number of aryl methyl sites for hydroxylation is 1. The number of carbonyl (C=O) groups excluding carboxylic acids is 2. The number of sulfonamides is 1. The van der Waals surface area contributed by atoms with Crippen molar-refractivity contribution in [1.82, 2.24) is 10.2 Å². The van der Waals surface area contributed by atoms with Gasteiger partial charge in [-0.2, -0.15) is 0 Å². The zero-order valence-corrected chi connectivity index (χ0v) is 24.7. The van der Waals surface area contributed by atoms with E-state index in [2.05, 4.69) is 5.32 Å². The average molecular weight is 558 g/mol. The molecule has 3 rings (SSSR count). The second-order valence-corrected chi connectivity index (χ2v) is 12.5. The molecule has 0 bridgehead atoms. The van der Waals surface area contributed by atoms with Gasteiger partial charge in [0.05, 0.1) is 19.1 Å². The Morgan fingerprint density at radius 3 is 2.44 bits per heavy atom. The summed E-state index contributed by atoms with van der Waals surface area (Å²) in [5.41, 5.74) is 3.37. The fraction of sp³-hybridized carbons (Fsp3) is 0.533. The Morgan fingerprint density at radius 2 is 1.77 bits per heavy atom. The molecule has 0 saturated heterocycles. The fourth-order valence-corrected chi connectivity index (χ4v) is 6.12. The van der Waals surface area contributed by atoms with Gasteiger partial charge in [0.1, 0.15) is 11.8 Å². The van der Waals surface area contributed by atoms with Gasteiger partial charge >= 0.3 is 0 Å². The fourth-order valence-electron chi connectivity index (χ4n) is 5.11. The molecule has 8 nitrogen and oxygen atoms in total. The topological polar surface area (TPSA) is 96.0 Å². The third kappa shape index (κ3) is 8.46. The van der Waals surface area contributed by atoms with Gasteiger partial charge in [-0.05, 0) is 74.9 Å². The number of ether oxygens (including phenoxy) is 1. The first-order chi connectivity index (χ1) is 18.5. The molecule has 1 saturated carbocycles. The summed E-state index contributed by atoms with van der Waals surface area (Å²) in [7, 11) is -1.96. The number of carbonyl (C=O) groups is 2. The van der Waals surface area contributed by atoms with Crippen LogP contribution in [0.1, 0.15) is 68.6 Å². The summed E-state index contributed by atoms with van der Waals surface area (Å²) in [6.07, 6.45) is 6.93. The number of nitrogens with one attached hydrogen (secondary N) is 1. The molecule has 0 heterocycles. The number of amides is 2. The van der Waals surface area contributed by atoms with E-state index in [4.69, 9.17) is 4.74 Å². The summed E-state index contributed by atoms with van der Waals surface area (Å²) in [4.78, 5) is 28.4. The SMILES string of the molecule is COc1cccc(CN(C(=O)CCCN(c2cccc(C)c2C)S(C)(=O)=O)[C@@H](C)C(=O)NC2CCCCC2)c1. The van der Waals surface area contributed by atoms with Gasteiger partial charge in [-0.15, -0.1) is 0 Å². The molecule has 1 aliphatic carbocycles. The zero-order valence-electron chi connectivity index (χ0n) is 23.9. The minimum Gasteiger partial charge on any atom is -0.497 e. The molecule has 2 amide bonds. The van der Waals surface area contributed by atoms with Gasteiger partial charge in [0.15, 0.2) is 0 Å². The number of nitrogens with zero attached hydrogens (tertiary/aromatic N) is 2. The van der Waals surface area contributed by atoms with E-state index in [-0.39, 0.29) is 37.4 Å². The summed E-state index contributed by atoms with van der Waals surface area (Å²) < 4.78 is 32.0. The van der Waals surface area contributed by atoms with Crippen molar-refractivity contribution < 1.29 is 22.7 Å². The number of hydrogen-bond donors (Lipinski definition) is 1. The van der Waals surface area contributed by atoms with Gasteiger partial charge in [0.2, 0.25) is 21.8 Å². The smallest absolute Gasteiger partial charge is 0.242 e. The number of methoxy groups -OCH3 is 1. The molecule has 0 aliphatic heterocycles. The zero-order chi connectivity index (χ0) is 28.6. The number of benzene rings is 2. The van der Waals surface area contributed by atoms with Crippen molar-refractivity contribution in [3.05, 3.63) is 59.2 Å². The molecule has 1 fully saturated rings. The first-order valence-electron chi connectivity index (χ1n) is 13.8. The summed E-state index contributed by atoms with van der Waals surface area (Å²) in [5, 5.41) is 3.14. The van der Waals surface area contributed by atoms with Crippen LogP contribution in [-0.2, 0) is 26.2 Å². The maximum Gasteiger partial charge on any atom is 0.242 e. The van der Waals surface area contributed by atoms with Crippen molar-refractivity contribution in [2.24, 2.45) is 0 Å². The lowest BCUT2D eigenvalue weighted by Crippen LogP contribution is -2.50. The third-order valence-corrected chi connectivity index (χ3v) is 8.78. The van der Waals surface area contributed by atoms with Crippen molar-refractivity contribution >= 4 is 27.5 Å². The molecule has 1 atom stereocenters. The van der Waals surface area contributed by atoms with E-state index in [0.717, 1.165) is 42.4 Å². The van der Waals surface area contributed by atoms with Crippen LogP contribution in [0.2, 0.25) is 0 Å². The van der Waals surface area contributed by atoms with Crippen LogP contribution >= 0.6 is 0 Å². The van der Waals surface area contributed by atoms with Crippen molar-refractivity contribution in [2.75, 3.05) is 24.2 Å². The van der Waals surface area contributed by atoms with Crippen LogP contribution in [0.4, 0.5) is 5.69 Å². The highest BCUT2D eigenvalue weighted by atomic mass is 32.2. The highest BCUT2D eigenvalue weighted by Gasteiger charge is 2.28. The van der Waals surface area contributed by atoms with E-state index in [1.165, 1.54) is 17.0 Å². The molecule has 0 unspecified atom stereocenters. The van der Waals surface area contributed by atoms with Crippen molar-refractivity contribution in [3.63, 3.8) is 0 Å². The van der Waals surface area contributed by atoms with Gasteiger partial charge in [-0.3, -0.25) is 13.9 Å². The van der Waals surface area contributed by atoms with Crippen molar-refractivity contribution in [1.29, 1.82) is 0 Å². The van der Waals surface area contributed by atoms with Gasteiger partial charge in [-0.1, -0.05) is 43.5 Å². The van der Waals surface area contributed by atoms with Gasteiger partial charge in [0.25, 0.3) is 0 Å². The van der Waals surface area contributed by atoms with Crippen LogP contribution in [0.25, 0.3) is 0 Å². The normalized spacial score (nSPS) is 14.9. The maximum absolute atomic E-state index is 13.6. The lowest BCUT2D eigenvalue weighted by Gasteiger charge is -2.31. The minimum atomic E-state index is -3.55. The highest BCUT2D eigenvalue weighted by molar-refractivity contribution is 7.92. The van der Waals surface area contributed by atoms with Crippen LogP contribution in [0.3, 0.4) is 0 Å². The van der Waals surface area contributed by atoms with E-state index in [0.29, 0.717) is 17.9 Å². The quantitative estimate of drug-likeness (QED) is 0.407. The van der Waals surface area contributed by atoms with Gasteiger partial charge < -0.3 is 15.0 Å². The summed E-state index contributed by atoms with van der Waals surface area (Å²) in [6, 6.07) is 12.5. The molecule has 0 spiro atoms. The van der Waals surface area contributed by atoms with Crippen molar-refractivity contribution in [3.8, 4) is 5.75 Å². The monoisotopic (exact) mass is 557 g/mol. The van der Waals surface area contributed by atoms with Crippen LogP contribution in [0.5, 0.6) is 5.75 Å². The summed E-state index contributed by atoms with van der Waals surface area (Å²) >= 11 is 0. The van der Waals surface area contributed by atoms with E-state index < -0.39 is 16.1 Å². The summed E-state index contributed by atoms with van der Waals surface area (Å²) in [6.45, 7) is 6.03. The first-order valence-corrected chi connectivity index (χ1v) is 15.6. The molecule has 0 aromatic heterocycles. The molecule has 2 aromatic carbocycles. The molecular formula is C30H43N3O5S. The highest BCUT2D eigenvalue weighted by Crippen LogP contribution is 2.26. The van der Waals surface area contributed by atoms with Crippen molar-refractivity contribution in [2.45, 2.75) is 84.3 Å². The standard InChI is InChI=1S/C30H43N3O5S/c1-22-12-9-17-28(23(22)2)33(39(5,36)37)19-11-18-29(34)32(21-25-13-10-16-27(20-25)38-4)24(3)30(35)31-26-14-7-6-8-15-26/h9-10,12-13,16-17,20,24,26H,6-8,11,14-15,18-19,21H2,1-5H3,(H,31,35)/t24-/m0/s1. The predicted molar refractivity (Wildman–Crippen MR) is 155 cm³/mol. The molecule has 9 heteroatoms. The Labute approximate surface area is 233 Å². The molecule has 214 valence electrons. The van der Waals surface area contributed by atoms with Gasteiger partial charge in [-0.25, -0.2) is 8.42 Å². The minimum absolute atomic E-state index is 0.113. The lowest BCUT2D eigenvalue weighted by atomic mass is 9.95. The third-order valence-electron chi connectivity index (χ3n) is 7.60. The second kappa shape index (κ2) is 13.8. The van der Waals surface area contributed by atoms with Crippen LogP contribution < -0.4 is 14.4 Å². The lowest BCUT2D eigenvalue weighted by molar-refractivity contribution is -0.141. The Balaban J connectivity index is 1.75. The number of hydrogen-bond acceptors (Lipinski definition) is 5. The van der Waals surface area contributed by atoms with E-state index in [9.17, 15) is 18.0 Å². The van der Waals surface area contributed by atoms with E-state index >= 15 is 0 Å². The van der Waals surface area contributed by atoms with Gasteiger partial charge in [0, 0.05) is 25.6 Å². The molecule has 39 heavy (non-hydrogen) atoms. The van der Waals surface area contributed by atoms with Crippen LogP contribution in [0, 0.1) is 13.8 Å². The van der Waals surface area contributed by atoms with Crippen LogP contribution in [-0.4, -0.2) is 57.1 Å². The predicted octanol–water partition coefficient (Wildman–Crippen LogP) is 4.72. The number of rotatable bonds is 12. The van der Waals surface area contributed by atoms with Crippen LogP contribution in [0.15, 0.2) is 42.5 Å². The molecule has 1 N–H and O–H groups in total. The Hall–Kier alpha value is -3.07. The van der Waals surface area contributed by atoms with E-state index in [1.54, 1.807) is 25.0 Å². The molecular weight excluding hydrogens is 514 g/mol. The van der Waals surface area contributed by atoms with E-state index in [1.807, 2.05) is 50.2 Å². The summed E-state index contributed by atoms with van der Waals surface area (Å²) in [5.74, 6) is 0.321. The molecule has 1 aliphatic rings. The average Bonchev–Trinajstić information content (AvgIpc) is 2.91. The Morgan fingerprint density at radius 1 is 1.08 bits per heavy atom. The Bertz CT molecular complexity index is 1240. The maximum atomic E-state index is 13.6. The Kier molecular flexibility index (Phi) is 10.8. The second-order valence-electron chi connectivity index (χ2n) is 10.6. The largest absolute Gasteiger partial charge is 0.497 e.